The highest BCUT2D eigenvalue weighted by Gasteiger charge is 2.42. The van der Waals surface area contributed by atoms with Gasteiger partial charge in [0.05, 0.1) is 49.0 Å². The number of carbonyl (C=O) groups is 4. The zero-order valence-electron chi connectivity index (χ0n) is 26.6. The second-order valence-corrected chi connectivity index (χ2v) is 12.6. The summed E-state index contributed by atoms with van der Waals surface area (Å²) in [4.78, 5) is 55.1. The van der Waals surface area contributed by atoms with E-state index in [1.54, 1.807) is 44.5 Å². The topological polar surface area (TPSA) is 123 Å². The molecule has 0 aromatic heterocycles. The minimum Gasteiger partial charge on any atom is -0.481 e. The van der Waals surface area contributed by atoms with Gasteiger partial charge in [0.1, 0.15) is 5.60 Å². The number of hydrogen-bond acceptors (Lipinski definition) is 7. The molecule has 1 rings (SSSR count). The summed E-state index contributed by atoms with van der Waals surface area (Å²) in [6.45, 7) is 15.4. The fourth-order valence-corrected chi connectivity index (χ4v) is 5.73. The Morgan fingerprint density at radius 1 is 1.02 bits per heavy atom. The third kappa shape index (κ3) is 9.72. The van der Waals surface area contributed by atoms with Crippen molar-refractivity contribution in [2.45, 2.75) is 117 Å². The van der Waals surface area contributed by atoms with Crippen molar-refractivity contribution < 1.29 is 38.5 Å². The molecule has 2 amide bonds. The van der Waals surface area contributed by atoms with Gasteiger partial charge in [-0.3, -0.25) is 19.2 Å². The van der Waals surface area contributed by atoms with Gasteiger partial charge in [0, 0.05) is 27.8 Å². The standard InChI is InChI=1S/C30H54N2O8/c1-12-19(4)26(31(9)28(35)21(18(2)3)16-25(34)40-30(6,7)8)23(38-10)17-24(33)32-15-13-14-22(32)27(39-11)20(5)29(36)37/h18-23,26-27H,12-17H2,1-11H3,(H,36,37)/t19-,20+,21-,22-,23+,26-,27+/m0/s1. The molecule has 40 heavy (non-hydrogen) atoms. The van der Waals surface area contributed by atoms with Crippen LogP contribution >= 0.6 is 0 Å². The van der Waals surface area contributed by atoms with Crippen molar-refractivity contribution in [1.29, 1.82) is 0 Å². The highest BCUT2D eigenvalue weighted by molar-refractivity contribution is 5.84. The first-order valence-corrected chi connectivity index (χ1v) is 14.6. The van der Waals surface area contributed by atoms with E-state index in [9.17, 15) is 24.3 Å². The molecule has 0 spiro atoms. The molecule has 1 aliphatic rings. The van der Waals surface area contributed by atoms with Gasteiger partial charge in [0.15, 0.2) is 0 Å². The molecule has 7 atom stereocenters. The number of aliphatic carboxylic acids is 1. The minimum atomic E-state index is -0.969. The van der Waals surface area contributed by atoms with E-state index in [1.807, 2.05) is 27.7 Å². The summed E-state index contributed by atoms with van der Waals surface area (Å²) in [5, 5.41) is 9.55. The van der Waals surface area contributed by atoms with Crippen molar-refractivity contribution in [3.8, 4) is 0 Å². The molecule has 0 aromatic rings. The summed E-state index contributed by atoms with van der Waals surface area (Å²) in [7, 11) is 4.73. The quantitative estimate of drug-likeness (QED) is 0.293. The van der Waals surface area contributed by atoms with E-state index in [1.165, 1.54) is 14.2 Å². The van der Waals surface area contributed by atoms with Crippen molar-refractivity contribution in [2.75, 3.05) is 27.8 Å². The maximum absolute atomic E-state index is 13.8. The molecule has 0 unspecified atom stereocenters. The van der Waals surface area contributed by atoms with Gasteiger partial charge in [-0.2, -0.15) is 0 Å². The lowest BCUT2D eigenvalue weighted by Gasteiger charge is -2.40. The van der Waals surface area contributed by atoms with E-state index >= 15 is 0 Å². The van der Waals surface area contributed by atoms with E-state index in [4.69, 9.17) is 14.2 Å². The average Bonchev–Trinajstić information content (AvgIpc) is 3.34. The van der Waals surface area contributed by atoms with Crippen LogP contribution in [0.25, 0.3) is 0 Å². The van der Waals surface area contributed by atoms with Crippen LogP contribution in [-0.4, -0.2) is 96.4 Å². The first kappa shape index (κ1) is 35.8. The number of hydrogen-bond donors (Lipinski definition) is 1. The molecule has 1 aliphatic heterocycles. The molecular weight excluding hydrogens is 516 g/mol. The van der Waals surface area contributed by atoms with E-state index in [0.29, 0.717) is 13.0 Å². The van der Waals surface area contributed by atoms with Crippen LogP contribution in [0.1, 0.15) is 87.5 Å². The van der Waals surface area contributed by atoms with Crippen LogP contribution in [0.3, 0.4) is 0 Å². The first-order chi connectivity index (χ1) is 18.5. The number of methoxy groups -OCH3 is 2. The summed E-state index contributed by atoms with van der Waals surface area (Å²) in [6.07, 6.45) is 0.960. The summed E-state index contributed by atoms with van der Waals surface area (Å²) >= 11 is 0. The zero-order chi connectivity index (χ0) is 30.9. The normalized spacial score (nSPS) is 20.4. The molecule has 10 nitrogen and oxygen atoms in total. The smallest absolute Gasteiger partial charge is 0.308 e. The second-order valence-electron chi connectivity index (χ2n) is 12.6. The van der Waals surface area contributed by atoms with E-state index in [0.717, 1.165) is 12.8 Å². The summed E-state index contributed by atoms with van der Waals surface area (Å²) < 4.78 is 16.9. The average molecular weight is 571 g/mol. The van der Waals surface area contributed by atoms with Crippen molar-refractivity contribution in [3.63, 3.8) is 0 Å². The molecule has 0 aromatic carbocycles. The number of ether oxygens (including phenoxy) is 3. The van der Waals surface area contributed by atoms with Crippen LogP contribution < -0.4 is 0 Å². The number of nitrogens with zero attached hydrogens (tertiary/aromatic N) is 2. The van der Waals surface area contributed by atoms with Crippen LogP contribution in [0.5, 0.6) is 0 Å². The molecule has 0 saturated carbocycles. The van der Waals surface area contributed by atoms with Gasteiger partial charge >= 0.3 is 11.9 Å². The van der Waals surface area contributed by atoms with Crippen LogP contribution in [0, 0.1) is 23.7 Å². The molecule has 1 saturated heterocycles. The number of carboxylic acid groups (broad SMARTS) is 1. The third-order valence-corrected chi connectivity index (χ3v) is 8.16. The Morgan fingerprint density at radius 2 is 1.62 bits per heavy atom. The second kappa shape index (κ2) is 15.7. The lowest BCUT2D eigenvalue weighted by atomic mass is 9.86. The predicted octanol–water partition coefficient (Wildman–Crippen LogP) is 4.00. The summed E-state index contributed by atoms with van der Waals surface area (Å²) in [6, 6.07) is -0.759. The number of carbonyl (C=O) groups excluding carboxylic acids is 3. The molecule has 1 heterocycles. The van der Waals surface area contributed by atoms with Crippen molar-refractivity contribution in [3.05, 3.63) is 0 Å². The van der Waals surface area contributed by atoms with Gasteiger partial charge < -0.3 is 29.1 Å². The Morgan fingerprint density at radius 3 is 2.08 bits per heavy atom. The van der Waals surface area contributed by atoms with Crippen LogP contribution in [0.15, 0.2) is 0 Å². The van der Waals surface area contributed by atoms with Crippen LogP contribution in [0.4, 0.5) is 0 Å². The van der Waals surface area contributed by atoms with E-state index in [-0.39, 0.29) is 42.5 Å². The number of amides is 2. The van der Waals surface area contributed by atoms with Gasteiger partial charge in [-0.05, 0) is 52.4 Å². The zero-order valence-corrected chi connectivity index (χ0v) is 26.6. The maximum Gasteiger partial charge on any atom is 0.308 e. The van der Waals surface area contributed by atoms with Gasteiger partial charge in [0.25, 0.3) is 0 Å². The number of likely N-dealkylation sites (tertiary alicyclic amines) is 1. The molecule has 1 fully saturated rings. The first-order valence-electron chi connectivity index (χ1n) is 14.6. The lowest BCUT2D eigenvalue weighted by molar-refractivity contribution is -0.160. The summed E-state index contributed by atoms with van der Waals surface area (Å²) in [5.74, 6) is -3.17. The number of rotatable bonds is 15. The molecule has 1 N–H and O–H groups in total. The van der Waals surface area contributed by atoms with Crippen molar-refractivity contribution in [2.24, 2.45) is 23.7 Å². The Kier molecular flexibility index (Phi) is 14.1. The largest absolute Gasteiger partial charge is 0.481 e. The molecule has 0 bridgehead atoms. The fraction of sp³-hybridized carbons (Fsp3) is 0.867. The fourth-order valence-electron chi connectivity index (χ4n) is 5.73. The van der Waals surface area contributed by atoms with Crippen molar-refractivity contribution in [1.82, 2.24) is 9.80 Å². The minimum absolute atomic E-state index is 0.00849. The van der Waals surface area contributed by atoms with Gasteiger partial charge in [-0.1, -0.05) is 34.1 Å². The lowest BCUT2D eigenvalue weighted by Crippen LogP contribution is -2.54. The monoisotopic (exact) mass is 570 g/mol. The molecule has 0 aliphatic carbocycles. The third-order valence-electron chi connectivity index (χ3n) is 8.16. The molecule has 10 heteroatoms. The number of esters is 1. The molecule has 0 radical (unpaired) electrons. The van der Waals surface area contributed by atoms with Crippen LogP contribution in [-0.2, 0) is 33.4 Å². The number of likely N-dealkylation sites (N-methyl/N-ethyl adjacent to an activating group) is 1. The van der Waals surface area contributed by atoms with Gasteiger partial charge in [-0.25, -0.2) is 0 Å². The Hall–Kier alpha value is -2.20. The van der Waals surface area contributed by atoms with Crippen molar-refractivity contribution >= 4 is 23.8 Å². The number of carboxylic acids is 1. The Labute approximate surface area is 241 Å². The van der Waals surface area contributed by atoms with Crippen LogP contribution in [0.2, 0.25) is 0 Å². The molecule has 232 valence electrons. The summed E-state index contributed by atoms with van der Waals surface area (Å²) in [5.41, 5.74) is -0.647. The predicted molar refractivity (Wildman–Crippen MR) is 153 cm³/mol. The molecular formula is C30H54N2O8. The SMILES string of the molecule is CC[C@H](C)[C@@H]([C@@H](CC(=O)N1CCC[C@H]1[C@H](OC)[C@@H](C)C(=O)O)OC)N(C)C(=O)[C@@H](CC(=O)OC(C)(C)C)C(C)C. The van der Waals surface area contributed by atoms with E-state index in [2.05, 4.69) is 0 Å². The van der Waals surface area contributed by atoms with E-state index < -0.39 is 47.6 Å². The van der Waals surface area contributed by atoms with Gasteiger partial charge in [0.2, 0.25) is 11.8 Å². The highest BCUT2D eigenvalue weighted by atomic mass is 16.6. The Balaban J connectivity index is 3.20. The Bertz CT molecular complexity index is 855. The highest BCUT2D eigenvalue weighted by Crippen LogP contribution is 2.30. The maximum atomic E-state index is 13.8. The van der Waals surface area contributed by atoms with Gasteiger partial charge in [-0.15, -0.1) is 0 Å².